The SMILES string of the molecule is Cn1nc(CC(C)(O)c2cccs2)c2ccccc21. The van der Waals surface area contributed by atoms with Gasteiger partial charge in [-0.1, -0.05) is 24.3 Å². The molecular weight excluding hydrogens is 256 g/mol. The van der Waals surface area contributed by atoms with E-state index in [1.165, 1.54) is 0 Å². The standard InChI is InChI=1S/C15H16N2OS/c1-15(18,14-8-5-9-19-14)10-12-11-6-3-4-7-13(11)17(2)16-12/h3-9,18H,10H2,1-2H3. The average molecular weight is 272 g/mol. The number of rotatable bonds is 3. The first-order chi connectivity index (χ1) is 9.08. The minimum Gasteiger partial charge on any atom is -0.384 e. The van der Waals surface area contributed by atoms with E-state index in [4.69, 9.17) is 0 Å². The molecule has 0 saturated heterocycles. The third kappa shape index (κ3) is 2.17. The molecule has 0 spiro atoms. The van der Waals surface area contributed by atoms with E-state index < -0.39 is 5.60 Å². The lowest BCUT2D eigenvalue weighted by Crippen LogP contribution is -2.23. The predicted molar refractivity (Wildman–Crippen MR) is 78.3 cm³/mol. The molecule has 0 bridgehead atoms. The summed E-state index contributed by atoms with van der Waals surface area (Å²) in [5.74, 6) is 0. The maximum atomic E-state index is 10.7. The molecule has 0 amide bonds. The Bertz CT molecular complexity index is 698. The van der Waals surface area contributed by atoms with Gasteiger partial charge < -0.3 is 5.11 Å². The highest BCUT2D eigenvalue weighted by Gasteiger charge is 2.27. The molecule has 3 nitrogen and oxygen atoms in total. The molecule has 3 rings (SSSR count). The van der Waals surface area contributed by atoms with E-state index >= 15 is 0 Å². The molecule has 0 aliphatic heterocycles. The molecule has 19 heavy (non-hydrogen) atoms. The summed E-state index contributed by atoms with van der Waals surface area (Å²) in [6.07, 6.45) is 0.523. The summed E-state index contributed by atoms with van der Waals surface area (Å²) in [5, 5.41) is 18.3. The topological polar surface area (TPSA) is 38.0 Å². The number of nitrogens with zero attached hydrogens (tertiary/aromatic N) is 2. The number of thiophene rings is 1. The quantitative estimate of drug-likeness (QED) is 0.795. The molecule has 0 aliphatic rings. The fraction of sp³-hybridized carbons (Fsp3) is 0.267. The molecule has 1 unspecified atom stereocenters. The molecule has 1 N–H and O–H groups in total. The summed E-state index contributed by atoms with van der Waals surface area (Å²) >= 11 is 1.58. The van der Waals surface area contributed by atoms with Crippen LogP contribution in [0.2, 0.25) is 0 Å². The Morgan fingerprint density at radius 2 is 2.05 bits per heavy atom. The molecule has 1 atom stereocenters. The summed E-state index contributed by atoms with van der Waals surface area (Å²) in [7, 11) is 1.94. The molecule has 0 saturated carbocycles. The smallest absolute Gasteiger partial charge is 0.102 e. The monoisotopic (exact) mass is 272 g/mol. The number of hydrogen-bond acceptors (Lipinski definition) is 3. The summed E-state index contributed by atoms with van der Waals surface area (Å²) < 4.78 is 1.87. The molecular formula is C15H16N2OS. The zero-order valence-electron chi connectivity index (χ0n) is 11.0. The van der Waals surface area contributed by atoms with E-state index in [2.05, 4.69) is 11.2 Å². The molecule has 98 valence electrons. The highest BCUT2D eigenvalue weighted by molar-refractivity contribution is 7.10. The fourth-order valence-electron chi connectivity index (χ4n) is 2.42. The van der Waals surface area contributed by atoms with Crippen molar-refractivity contribution in [3.8, 4) is 0 Å². The Kier molecular flexibility index (Phi) is 2.92. The van der Waals surface area contributed by atoms with Crippen molar-refractivity contribution in [1.82, 2.24) is 9.78 Å². The van der Waals surface area contributed by atoms with Gasteiger partial charge in [-0.2, -0.15) is 5.10 Å². The Morgan fingerprint density at radius 3 is 2.79 bits per heavy atom. The molecule has 1 aromatic carbocycles. The molecule has 3 aromatic rings. The van der Waals surface area contributed by atoms with Crippen molar-refractivity contribution >= 4 is 22.2 Å². The Labute approximate surface area is 116 Å². The Morgan fingerprint density at radius 1 is 1.26 bits per heavy atom. The molecule has 0 aliphatic carbocycles. The third-order valence-electron chi connectivity index (χ3n) is 3.40. The minimum atomic E-state index is -0.870. The third-order valence-corrected chi connectivity index (χ3v) is 4.52. The van der Waals surface area contributed by atoms with Crippen LogP contribution in [0.4, 0.5) is 0 Å². The lowest BCUT2D eigenvalue weighted by molar-refractivity contribution is 0.0606. The van der Waals surface area contributed by atoms with Crippen LogP contribution < -0.4 is 0 Å². The van der Waals surface area contributed by atoms with E-state index in [9.17, 15) is 5.11 Å². The molecule has 4 heteroatoms. The van der Waals surface area contributed by atoms with Gasteiger partial charge in [0, 0.05) is 23.7 Å². The van der Waals surface area contributed by atoms with Crippen LogP contribution >= 0.6 is 11.3 Å². The first kappa shape index (κ1) is 12.4. The van der Waals surface area contributed by atoms with Crippen LogP contribution in [0.5, 0.6) is 0 Å². The van der Waals surface area contributed by atoms with Crippen LogP contribution in [-0.4, -0.2) is 14.9 Å². The van der Waals surface area contributed by atoms with Crippen molar-refractivity contribution in [2.45, 2.75) is 18.9 Å². The Balaban J connectivity index is 2.02. The highest BCUT2D eigenvalue weighted by Crippen LogP contribution is 2.30. The average Bonchev–Trinajstić information content (AvgIpc) is 3.00. The van der Waals surface area contributed by atoms with Gasteiger partial charge in [-0.15, -0.1) is 11.3 Å². The largest absolute Gasteiger partial charge is 0.384 e. The first-order valence-corrected chi connectivity index (χ1v) is 7.13. The van der Waals surface area contributed by atoms with Gasteiger partial charge in [-0.25, -0.2) is 0 Å². The van der Waals surface area contributed by atoms with E-state index in [1.54, 1.807) is 11.3 Å². The first-order valence-electron chi connectivity index (χ1n) is 6.25. The lowest BCUT2D eigenvalue weighted by atomic mass is 9.97. The van der Waals surface area contributed by atoms with Crippen LogP contribution in [0, 0.1) is 0 Å². The number of aliphatic hydroxyl groups is 1. The summed E-state index contributed by atoms with van der Waals surface area (Å²) in [6, 6.07) is 12.0. The molecule has 2 heterocycles. The van der Waals surface area contributed by atoms with Gasteiger partial charge in [-0.3, -0.25) is 4.68 Å². The summed E-state index contributed by atoms with van der Waals surface area (Å²) in [4.78, 5) is 0.974. The Hall–Kier alpha value is -1.65. The predicted octanol–water partition coefficient (Wildman–Crippen LogP) is 3.09. The maximum Gasteiger partial charge on any atom is 0.102 e. The number of benzene rings is 1. The van der Waals surface area contributed by atoms with Crippen molar-refractivity contribution in [2.24, 2.45) is 7.05 Å². The van der Waals surface area contributed by atoms with Gasteiger partial charge in [0.15, 0.2) is 0 Å². The van der Waals surface area contributed by atoms with Crippen LogP contribution in [0.15, 0.2) is 41.8 Å². The lowest BCUT2D eigenvalue weighted by Gasteiger charge is -2.20. The van der Waals surface area contributed by atoms with E-state index in [0.717, 1.165) is 21.5 Å². The zero-order chi connectivity index (χ0) is 13.5. The zero-order valence-corrected chi connectivity index (χ0v) is 11.8. The van der Waals surface area contributed by atoms with Crippen LogP contribution in [0.25, 0.3) is 10.9 Å². The normalized spacial score (nSPS) is 14.7. The van der Waals surface area contributed by atoms with Gasteiger partial charge >= 0.3 is 0 Å². The van der Waals surface area contributed by atoms with E-state index in [1.807, 2.05) is 54.4 Å². The van der Waals surface area contributed by atoms with Gasteiger partial charge in [0.05, 0.1) is 11.2 Å². The van der Waals surface area contributed by atoms with Gasteiger partial charge in [-0.05, 0) is 24.4 Å². The van der Waals surface area contributed by atoms with E-state index in [-0.39, 0.29) is 0 Å². The van der Waals surface area contributed by atoms with Crippen molar-refractivity contribution in [2.75, 3.05) is 0 Å². The number of hydrogen-bond donors (Lipinski definition) is 1. The van der Waals surface area contributed by atoms with Gasteiger partial charge in [0.25, 0.3) is 0 Å². The van der Waals surface area contributed by atoms with Crippen molar-refractivity contribution < 1.29 is 5.11 Å². The van der Waals surface area contributed by atoms with Crippen molar-refractivity contribution in [3.05, 3.63) is 52.3 Å². The maximum absolute atomic E-state index is 10.7. The summed E-state index contributed by atoms with van der Waals surface area (Å²) in [6.45, 7) is 1.85. The van der Waals surface area contributed by atoms with Crippen LogP contribution in [0.1, 0.15) is 17.5 Å². The number of fused-ring (bicyclic) bond motifs is 1. The second-order valence-corrected chi connectivity index (χ2v) is 5.96. The van der Waals surface area contributed by atoms with Crippen molar-refractivity contribution in [3.63, 3.8) is 0 Å². The second-order valence-electron chi connectivity index (χ2n) is 5.02. The number of aromatic nitrogens is 2. The van der Waals surface area contributed by atoms with E-state index in [0.29, 0.717) is 6.42 Å². The number of para-hydroxylation sites is 1. The minimum absolute atomic E-state index is 0.523. The van der Waals surface area contributed by atoms with Gasteiger partial charge in [0.1, 0.15) is 5.60 Å². The molecule has 2 aromatic heterocycles. The number of aryl methyl sites for hydroxylation is 1. The fourth-order valence-corrected chi connectivity index (χ4v) is 3.20. The van der Waals surface area contributed by atoms with Crippen molar-refractivity contribution in [1.29, 1.82) is 0 Å². The molecule has 0 fully saturated rings. The molecule has 0 radical (unpaired) electrons. The van der Waals surface area contributed by atoms with Crippen LogP contribution in [-0.2, 0) is 19.1 Å². The van der Waals surface area contributed by atoms with Crippen LogP contribution in [0.3, 0.4) is 0 Å². The van der Waals surface area contributed by atoms with Gasteiger partial charge in [0.2, 0.25) is 0 Å². The highest BCUT2D eigenvalue weighted by atomic mass is 32.1. The second kappa shape index (κ2) is 4.47. The summed E-state index contributed by atoms with van der Waals surface area (Å²) in [5.41, 5.74) is 1.17.